The second kappa shape index (κ2) is 7.05. The van der Waals surface area contributed by atoms with E-state index < -0.39 is 6.10 Å². The Labute approximate surface area is 126 Å². The summed E-state index contributed by atoms with van der Waals surface area (Å²) in [6.45, 7) is 6.53. The SMILES string of the molecule is Cc1c(COC(C)C)cccc1NC(=O)C1CCCC1O. The molecule has 1 saturated carbocycles. The van der Waals surface area contributed by atoms with Gasteiger partial charge in [0.15, 0.2) is 0 Å². The number of hydrogen-bond acceptors (Lipinski definition) is 3. The Morgan fingerprint density at radius 3 is 2.81 bits per heavy atom. The zero-order chi connectivity index (χ0) is 15.4. The summed E-state index contributed by atoms with van der Waals surface area (Å²) < 4.78 is 5.63. The number of amides is 1. The van der Waals surface area contributed by atoms with E-state index in [2.05, 4.69) is 5.32 Å². The third kappa shape index (κ3) is 4.05. The number of carbonyl (C=O) groups excluding carboxylic acids is 1. The van der Waals surface area contributed by atoms with Gasteiger partial charge in [-0.3, -0.25) is 4.79 Å². The molecular formula is C17H25NO3. The van der Waals surface area contributed by atoms with E-state index in [1.54, 1.807) is 0 Å². The minimum Gasteiger partial charge on any atom is -0.392 e. The molecule has 1 aromatic carbocycles. The minimum atomic E-state index is -0.502. The molecule has 2 unspecified atom stereocenters. The fourth-order valence-corrected chi connectivity index (χ4v) is 2.70. The Kier molecular flexibility index (Phi) is 5.37. The highest BCUT2D eigenvalue weighted by Gasteiger charge is 2.31. The van der Waals surface area contributed by atoms with Crippen molar-refractivity contribution in [1.82, 2.24) is 0 Å². The molecule has 2 N–H and O–H groups in total. The molecule has 0 heterocycles. The van der Waals surface area contributed by atoms with Gasteiger partial charge in [0.1, 0.15) is 0 Å². The van der Waals surface area contributed by atoms with Crippen LogP contribution in [0.2, 0.25) is 0 Å². The first-order valence-electron chi connectivity index (χ1n) is 7.68. The lowest BCUT2D eigenvalue weighted by atomic mass is 10.0. The van der Waals surface area contributed by atoms with Crippen molar-refractivity contribution in [2.45, 2.75) is 58.8 Å². The van der Waals surface area contributed by atoms with Gasteiger partial charge in [-0.25, -0.2) is 0 Å². The van der Waals surface area contributed by atoms with Crippen LogP contribution >= 0.6 is 0 Å². The average Bonchev–Trinajstić information content (AvgIpc) is 2.86. The third-order valence-corrected chi connectivity index (χ3v) is 4.09. The van der Waals surface area contributed by atoms with Gasteiger partial charge in [-0.1, -0.05) is 12.1 Å². The van der Waals surface area contributed by atoms with Crippen LogP contribution in [0.3, 0.4) is 0 Å². The predicted molar refractivity (Wildman–Crippen MR) is 83.1 cm³/mol. The number of aliphatic hydroxyl groups excluding tert-OH is 1. The van der Waals surface area contributed by atoms with Gasteiger partial charge in [-0.2, -0.15) is 0 Å². The summed E-state index contributed by atoms with van der Waals surface area (Å²) in [5.74, 6) is -0.356. The van der Waals surface area contributed by atoms with Crippen LogP contribution in [0.5, 0.6) is 0 Å². The first kappa shape index (κ1) is 16.0. The first-order chi connectivity index (χ1) is 9.99. The Morgan fingerprint density at radius 1 is 1.43 bits per heavy atom. The molecule has 21 heavy (non-hydrogen) atoms. The summed E-state index contributed by atoms with van der Waals surface area (Å²) in [4.78, 5) is 12.3. The van der Waals surface area contributed by atoms with E-state index in [0.717, 1.165) is 36.1 Å². The van der Waals surface area contributed by atoms with Gasteiger partial charge in [0, 0.05) is 5.69 Å². The number of rotatable bonds is 5. The maximum absolute atomic E-state index is 12.3. The van der Waals surface area contributed by atoms with Crippen LogP contribution in [0.1, 0.15) is 44.2 Å². The van der Waals surface area contributed by atoms with Gasteiger partial charge >= 0.3 is 0 Å². The van der Waals surface area contributed by atoms with E-state index in [-0.39, 0.29) is 17.9 Å². The Bertz CT molecular complexity index is 499. The quantitative estimate of drug-likeness (QED) is 0.876. The largest absolute Gasteiger partial charge is 0.392 e. The van der Waals surface area contributed by atoms with Crippen LogP contribution in [0.4, 0.5) is 5.69 Å². The molecule has 1 amide bonds. The summed E-state index contributed by atoms with van der Waals surface area (Å²) >= 11 is 0. The molecule has 2 atom stereocenters. The predicted octanol–water partition coefficient (Wildman–Crippen LogP) is 3.02. The highest BCUT2D eigenvalue weighted by atomic mass is 16.5. The highest BCUT2D eigenvalue weighted by Crippen LogP contribution is 2.28. The zero-order valence-corrected chi connectivity index (χ0v) is 13.1. The minimum absolute atomic E-state index is 0.0787. The van der Waals surface area contributed by atoms with Crippen molar-refractivity contribution in [3.63, 3.8) is 0 Å². The maximum atomic E-state index is 12.3. The smallest absolute Gasteiger partial charge is 0.230 e. The lowest BCUT2D eigenvalue weighted by Gasteiger charge is -2.17. The number of aliphatic hydroxyl groups is 1. The molecule has 0 bridgehead atoms. The molecule has 4 heteroatoms. The molecule has 0 radical (unpaired) electrons. The van der Waals surface area contributed by atoms with Gasteiger partial charge in [-0.05, 0) is 57.2 Å². The van der Waals surface area contributed by atoms with Crippen molar-refractivity contribution in [2.24, 2.45) is 5.92 Å². The molecule has 0 aromatic heterocycles. The second-order valence-corrected chi connectivity index (χ2v) is 6.04. The summed E-state index contributed by atoms with van der Waals surface area (Å²) in [5, 5.41) is 12.8. The summed E-state index contributed by atoms with van der Waals surface area (Å²) in [6.07, 6.45) is 2.08. The first-order valence-corrected chi connectivity index (χ1v) is 7.68. The number of ether oxygens (including phenoxy) is 1. The van der Waals surface area contributed by atoms with Crippen LogP contribution in [0.25, 0.3) is 0 Å². The Hall–Kier alpha value is -1.39. The summed E-state index contributed by atoms with van der Waals surface area (Å²) in [6, 6.07) is 5.83. The van der Waals surface area contributed by atoms with E-state index in [4.69, 9.17) is 4.74 Å². The molecule has 0 aliphatic heterocycles. The van der Waals surface area contributed by atoms with E-state index in [0.29, 0.717) is 6.61 Å². The van der Waals surface area contributed by atoms with Crippen molar-refractivity contribution >= 4 is 11.6 Å². The molecule has 1 fully saturated rings. The molecule has 1 aliphatic carbocycles. The fourth-order valence-electron chi connectivity index (χ4n) is 2.70. The van der Waals surface area contributed by atoms with Crippen LogP contribution in [0.15, 0.2) is 18.2 Å². The monoisotopic (exact) mass is 291 g/mol. The molecule has 0 spiro atoms. The molecule has 0 saturated heterocycles. The van der Waals surface area contributed by atoms with Crippen molar-refractivity contribution in [1.29, 1.82) is 0 Å². The normalized spacial score (nSPS) is 21.8. The van der Waals surface area contributed by atoms with E-state index in [1.807, 2.05) is 39.0 Å². The van der Waals surface area contributed by atoms with E-state index >= 15 is 0 Å². The van der Waals surface area contributed by atoms with Crippen molar-refractivity contribution in [3.05, 3.63) is 29.3 Å². The number of nitrogens with one attached hydrogen (secondary N) is 1. The lowest BCUT2D eigenvalue weighted by molar-refractivity contribution is -0.122. The maximum Gasteiger partial charge on any atom is 0.230 e. The zero-order valence-electron chi connectivity index (χ0n) is 13.1. The van der Waals surface area contributed by atoms with Gasteiger partial charge < -0.3 is 15.2 Å². The molecule has 4 nitrogen and oxygen atoms in total. The highest BCUT2D eigenvalue weighted by molar-refractivity contribution is 5.93. The number of carbonyl (C=O) groups is 1. The number of hydrogen-bond donors (Lipinski definition) is 2. The topological polar surface area (TPSA) is 58.6 Å². The molecule has 1 aliphatic rings. The van der Waals surface area contributed by atoms with E-state index in [9.17, 15) is 9.90 Å². The fraction of sp³-hybridized carbons (Fsp3) is 0.588. The van der Waals surface area contributed by atoms with Crippen LogP contribution in [0, 0.1) is 12.8 Å². The average molecular weight is 291 g/mol. The number of anilines is 1. The van der Waals surface area contributed by atoms with Crippen molar-refractivity contribution in [2.75, 3.05) is 5.32 Å². The van der Waals surface area contributed by atoms with Crippen molar-refractivity contribution in [3.8, 4) is 0 Å². The second-order valence-electron chi connectivity index (χ2n) is 6.04. The molecule has 2 rings (SSSR count). The van der Waals surface area contributed by atoms with Crippen LogP contribution < -0.4 is 5.32 Å². The molecular weight excluding hydrogens is 266 g/mol. The number of benzene rings is 1. The van der Waals surface area contributed by atoms with Gasteiger partial charge in [0.25, 0.3) is 0 Å². The van der Waals surface area contributed by atoms with E-state index in [1.165, 1.54) is 0 Å². The van der Waals surface area contributed by atoms with Gasteiger partial charge in [0.2, 0.25) is 5.91 Å². The third-order valence-electron chi connectivity index (χ3n) is 4.09. The summed E-state index contributed by atoms with van der Waals surface area (Å²) in [5.41, 5.74) is 2.91. The standard InChI is InChI=1S/C17H25NO3/c1-11(2)21-10-13-6-4-8-15(12(13)3)18-17(20)14-7-5-9-16(14)19/h4,6,8,11,14,16,19H,5,7,9-10H2,1-3H3,(H,18,20). The van der Waals surface area contributed by atoms with Crippen LogP contribution in [-0.2, 0) is 16.1 Å². The van der Waals surface area contributed by atoms with Crippen LogP contribution in [-0.4, -0.2) is 23.2 Å². The molecule has 1 aromatic rings. The van der Waals surface area contributed by atoms with Gasteiger partial charge in [0.05, 0.1) is 24.7 Å². The van der Waals surface area contributed by atoms with Crippen molar-refractivity contribution < 1.29 is 14.6 Å². The summed E-state index contributed by atoms with van der Waals surface area (Å²) in [7, 11) is 0. The molecule has 116 valence electrons. The Balaban J connectivity index is 2.06. The Morgan fingerprint density at radius 2 is 2.19 bits per heavy atom. The van der Waals surface area contributed by atoms with Gasteiger partial charge in [-0.15, -0.1) is 0 Å². The lowest BCUT2D eigenvalue weighted by Crippen LogP contribution is -2.29.